The Hall–Kier alpha value is -3.68. The molecular formula is C27H29N5O3. The number of benzene rings is 2. The predicted octanol–water partition coefficient (Wildman–Crippen LogP) is 3.66. The van der Waals surface area contributed by atoms with Crippen molar-refractivity contribution in [3.05, 3.63) is 59.9 Å². The molecule has 35 heavy (non-hydrogen) atoms. The molecule has 2 aromatic carbocycles. The number of hydrogen-bond acceptors (Lipinski definition) is 4. The molecule has 6 rings (SSSR count). The van der Waals surface area contributed by atoms with E-state index in [9.17, 15) is 14.4 Å². The number of imidazole rings is 1. The molecule has 1 atom stereocenters. The van der Waals surface area contributed by atoms with Crippen LogP contribution >= 0.6 is 0 Å². The summed E-state index contributed by atoms with van der Waals surface area (Å²) in [5, 5.41) is 0. The molecule has 0 bridgehead atoms. The lowest BCUT2D eigenvalue weighted by atomic mass is 9.95. The monoisotopic (exact) mass is 471 g/mol. The zero-order chi connectivity index (χ0) is 24.2. The van der Waals surface area contributed by atoms with Crippen molar-refractivity contribution in [2.45, 2.75) is 50.6 Å². The molecule has 8 heteroatoms. The van der Waals surface area contributed by atoms with Crippen LogP contribution < -0.4 is 4.90 Å². The van der Waals surface area contributed by atoms with Crippen LogP contribution in [0.3, 0.4) is 0 Å². The number of carbonyl (C=O) groups is 3. The first kappa shape index (κ1) is 21.8. The van der Waals surface area contributed by atoms with E-state index in [1.807, 2.05) is 54.3 Å². The van der Waals surface area contributed by atoms with Gasteiger partial charge in [0.05, 0.1) is 22.3 Å². The number of hydrogen-bond donors (Lipinski definition) is 1. The largest absolute Gasteiger partial charge is 0.343 e. The molecule has 0 saturated carbocycles. The van der Waals surface area contributed by atoms with Gasteiger partial charge < -0.3 is 14.8 Å². The number of H-pyrrole nitrogens is 1. The topological polar surface area (TPSA) is 89.6 Å². The van der Waals surface area contributed by atoms with Gasteiger partial charge in [-0.3, -0.25) is 19.3 Å². The molecule has 8 nitrogen and oxygen atoms in total. The second-order valence-corrected chi connectivity index (χ2v) is 9.96. The number of carbonyl (C=O) groups excluding carboxylic acids is 3. The summed E-state index contributed by atoms with van der Waals surface area (Å²) >= 11 is 0. The summed E-state index contributed by atoms with van der Waals surface area (Å²) in [5.74, 6) is 1.28. The van der Waals surface area contributed by atoms with Crippen molar-refractivity contribution in [3.8, 4) is 0 Å². The summed E-state index contributed by atoms with van der Waals surface area (Å²) < 4.78 is 0. The van der Waals surface area contributed by atoms with Crippen LogP contribution in [0.15, 0.2) is 48.5 Å². The number of amides is 3. The number of fused-ring (bicyclic) bond motifs is 4. The third-order valence-corrected chi connectivity index (χ3v) is 7.94. The minimum Gasteiger partial charge on any atom is -0.343 e. The molecule has 1 aromatic heterocycles. The van der Waals surface area contributed by atoms with E-state index < -0.39 is 5.66 Å². The molecule has 3 amide bonds. The highest BCUT2D eigenvalue weighted by Gasteiger charge is 2.52. The standard InChI is InChI=1S/C27H29N5O3/c1-27-14-10-24(34)32(27)22-9-5-2-6-19(22)26(35)31(27)17-13-23(33)30-15-11-18(12-16-30)25-28-20-7-3-4-8-21(20)29-25/h2-9,18H,10-17H2,1H3,(H,28,29). The van der Waals surface area contributed by atoms with Crippen molar-refractivity contribution in [1.29, 1.82) is 0 Å². The van der Waals surface area contributed by atoms with Gasteiger partial charge in [-0.2, -0.15) is 0 Å². The summed E-state index contributed by atoms with van der Waals surface area (Å²) in [6.45, 7) is 3.60. The molecule has 4 heterocycles. The Morgan fingerprint density at radius 1 is 1.09 bits per heavy atom. The van der Waals surface area contributed by atoms with E-state index in [2.05, 4.69) is 4.98 Å². The van der Waals surface area contributed by atoms with Crippen molar-refractivity contribution < 1.29 is 14.4 Å². The molecule has 2 saturated heterocycles. The van der Waals surface area contributed by atoms with Crippen LogP contribution in [0.25, 0.3) is 11.0 Å². The molecule has 0 radical (unpaired) electrons. The molecular weight excluding hydrogens is 442 g/mol. The van der Waals surface area contributed by atoms with Gasteiger partial charge in [-0.1, -0.05) is 24.3 Å². The number of nitrogens with one attached hydrogen (secondary N) is 1. The summed E-state index contributed by atoms with van der Waals surface area (Å²) in [5.41, 5.74) is 2.50. The average Bonchev–Trinajstić information content (AvgIpc) is 3.45. The molecule has 3 aromatic rings. The minimum absolute atomic E-state index is 0.0245. The Balaban J connectivity index is 1.12. The van der Waals surface area contributed by atoms with Gasteiger partial charge in [-0.25, -0.2) is 4.98 Å². The predicted molar refractivity (Wildman–Crippen MR) is 132 cm³/mol. The molecule has 3 aliphatic heterocycles. The van der Waals surface area contributed by atoms with Gasteiger partial charge >= 0.3 is 0 Å². The summed E-state index contributed by atoms with van der Waals surface area (Å²) in [4.78, 5) is 52.8. The van der Waals surface area contributed by atoms with E-state index >= 15 is 0 Å². The van der Waals surface area contributed by atoms with Crippen LogP contribution in [-0.4, -0.2) is 62.8 Å². The number of anilines is 1. The number of nitrogens with zero attached hydrogens (tertiary/aromatic N) is 4. The zero-order valence-corrected chi connectivity index (χ0v) is 19.9. The summed E-state index contributed by atoms with van der Waals surface area (Å²) in [6, 6.07) is 15.3. The lowest BCUT2D eigenvalue weighted by molar-refractivity contribution is -0.132. The summed E-state index contributed by atoms with van der Waals surface area (Å²) in [7, 11) is 0. The van der Waals surface area contributed by atoms with Gasteiger partial charge in [0.15, 0.2) is 0 Å². The van der Waals surface area contributed by atoms with Gasteiger partial charge in [0.1, 0.15) is 11.5 Å². The number of para-hydroxylation sites is 3. The lowest BCUT2D eigenvalue weighted by Crippen LogP contribution is -2.62. The van der Waals surface area contributed by atoms with Gasteiger partial charge in [0.2, 0.25) is 11.8 Å². The van der Waals surface area contributed by atoms with Gasteiger partial charge in [-0.05, 0) is 50.5 Å². The fourth-order valence-electron chi connectivity index (χ4n) is 5.98. The number of likely N-dealkylation sites (tertiary alicyclic amines) is 1. The average molecular weight is 472 g/mol. The molecule has 180 valence electrons. The number of aromatic nitrogens is 2. The van der Waals surface area contributed by atoms with E-state index in [0.717, 1.165) is 29.7 Å². The third-order valence-electron chi connectivity index (χ3n) is 7.94. The first-order valence-electron chi connectivity index (χ1n) is 12.4. The fraction of sp³-hybridized carbons (Fsp3) is 0.407. The second kappa shape index (κ2) is 8.22. The zero-order valence-electron chi connectivity index (χ0n) is 19.9. The van der Waals surface area contributed by atoms with E-state index in [1.54, 1.807) is 15.9 Å². The highest BCUT2D eigenvalue weighted by molar-refractivity contribution is 6.10. The van der Waals surface area contributed by atoms with Crippen molar-refractivity contribution >= 4 is 34.4 Å². The molecule has 0 aliphatic carbocycles. The third kappa shape index (κ3) is 3.50. The quantitative estimate of drug-likeness (QED) is 0.629. The first-order chi connectivity index (χ1) is 17.0. The van der Waals surface area contributed by atoms with E-state index in [4.69, 9.17) is 4.98 Å². The highest BCUT2D eigenvalue weighted by atomic mass is 16.2. The number of piperidine rings is 1. The maximum absolute atomic E-state index is 13.4. The Morgan fingerprint density at radius 3 is 2.63 bits per heavy atom. The van der Waals surface area contributed by atoms with E-state index in [0.29, 0.717) is 49.6 Å². The van der Waals surface area contributed by atoms with Crippen LogP contribution in [0.4, 0.5) is 5.69 Å². The van der Waals surface area contributed by atoms with Gasteiger partial charge in [-0.15, -0.1) is 0 Å². The van der Waals surface area contributed by atoms with Crippen LogP contribution in [0.1, 0.15) is 61.1 Å². The van der Waals surface area contributed by atoms with Crippen LogP contribution in [-0.2, 0) is 9.59 Å². The molecule has 2 fully saturated rings. The normalized spacial score (nSPS) is 22.6. The Morgan fingerprint density at radius 2 is 1.83 bits per heavy atom. The van der Waals surface area contributed by atoms with Crippen molar-refractivity contribution in [1.82, 2.24) is 19.8 Å². The van der Waals surface area contributed by atoms with Gasteiger partial charge in [0.25, 0.3) is 5.91 Å². The maximum Gasteiger partial charge on any atom is 0.257 e. The first-order valence-corrected chi connectivity index (χ1v) is 12.4. The second-order valence-electron chi connectivity index (χ2n) is 9.96. The smallest absolute Gasteiger partial charge is 0.257 e. The van der Waals surface area contributed by atoms with E-state index in [-0.39, 0.29) is 24.1 Å². The highest BCUT2D eigenvalue weighted by Crippen LogP contribution is 2.44. The fourth-order valence-corrected chi connectivity index (χ4v) is 5.98. The van der Waals surface area contributed by atoms with Crippen LogP contribution in [0, 0.1) is 0 Å². The van der Waals surface area contributed by atoms with Crippen molar-refractivity contribution in [2.24, 2.45) is 0 Å². The molecule has 1 unspecified atom stereocenters. The van der Waals surface area contributed by atoms with Crippen LogP contribution in [0.5, 0.6) is 0 Å². The number of aromatic amines is 1. The van der Waals surface area contributed by atoms with Gasteiger partial charge in [0, 0.05) is 38.4 Å². The number of rotatable bonds is 4. The van der Waals surface area contributed by atoms with Crippen LogP contribution in [0.2, 0.25) is 0 Å². The van der Waals surface area contributed by atoms with Crippen molar-refractivity contribution in [2.75, 3.05) is 24.5 Å². The Labute approximate surface area is 203 Å². The molecule has 3 aliphatic rings. The minimum atomic E-state index is -0.725. The Bertz CT molecular complexity index is 1290. The SMILES string of the molecule is CC12CCC(=O)N1c1ccccc1C(=O)N2CCC(=O)N1CCC(c2nc3ccccc3[nH]2)CC1. The maximum atomic E-state index is 13.4. The molecule has 1 N–H and O–H groups in total. The van der Waals surface area contributed by atoms with E-state index in [1.165, 1.54) is 0 Å². The molecule has 0 spiro atoms. The Kier molecular flexibility index (Phi) is 5.12. The summed E-state index contributed by atoms with van der Waals surface area (Å²) in [6.07, 6.45) is 2.95. The lowest BCUT2D eigenvalue weighted by Gasteiger charge is -2.48. The van der Waals surface area contributed by atoms with Crippen molar-refractivity contribution in [3.63, 3.8) is 0 Å².